The number of rotatable bonds is 6. The zero-order chi connectivity index (χ0) is 20.9. The molecule has 1 unspecified atom stereocenters. The van der Waals surface area contributed by atoms with Gasteiger partial charge in [-0.05, 0) is 51.0 Å². The van der Waals surface area contributed by atoms with Crippen molar-refractivity contribution >= 4 is 35.0 Å². The molecule has 0 aromatic heterocycles. The molecular formula is C22H26Cl2N2O2. The Kier molecular flexibility index (Phi) is 7.50. The van der Waals surface area contributed by atoms with Crippen LogP contribution in [-0.4, -0.2) is 28.3 Å². The molecule has 0 aliphatic heterocycles. The highest BCUT2D eigenvalue weighted by Gasteiger charge is 2.28. The Morgan fingerprint density at radius 3 is 2.29 bits per heavy atom. The predicted molar refractivity (Wildman–Crippen MR) is 115 cm³/mol. The van der Waals surface area contributed by atoms with Crippen molar-refractivity contribution in [3.05, 3.63) is 69.7 Å². The highest BCUT2D eigenvalue weighted by atomic mass is 35.5. The molecule has 6 heteroatoms. The number of carbonyl (C=O) groups excluding carboxylic acids is 2. The molecule has 0 saturated heterocycles. The van der Waals surface area contributed by atoms with E-state index in [2.05, 4.69) is 5.32 Å². The fourth-order valence-electron chi connectivity index (χ4n) is 2.77. The number of halogens is 2. The first-order chi connectivity index (χ1) is 13.1. The standard InChI is InChI=1S/C22H26Cl2N2O2/c1-15(21(28)25-22(2,3)4)26(14-16-8-6-5-7-9-16)20(27)12-17-10-11-18(23)13-19(17)24/h5-11,13,15H,12,14H2,1-4H3,(H,25,28). The molecule has 2 aromatic carbocycles. The van der Waals surface area contributed by atoms with Gasteiger partial charge >= 0.3 is 0 Å². The first-order valence-corrected chi connectivity index (χ1v) is 9.92. The molecule has 0 radical (unpaired) electrons. The fraction of sp³-hybridized carbons (Fsp3) is 0.364. The Labute approximate surface area is 176 Å². The Balaban J connectivity index is 2.25. The molecule has 150 valence electrons. The molecule has 0 saturated carbocycles. The van der Waals surface area contributed by atoms with Crippen molar-refractivity contribution in [1.29, 1.82) is 0 Å². The van der Waals surface area contributed by atoms with Gasteiger partial charge in [-0.1, -0.05) is 59.6 Å². The van der Waals surface area contributed by atoms with E-state index in [4.69, 9.17) is 23.2 Å². The van der Waals surface area contributed by atoms with E-state index in [0.717, 1.165) is 5.56 Å². The smallest absolute Gasteiger partial charge is 0.242 e. The average molecular weight is 421 g/mol. The molecule has 1 atom stereocenters. The summed E-state index contributed by atoms with van der Waals surface area (Å²) in [6.07, 6.45) is 0.0932. The maximum Gasteiger partial charge on any atom is 0.242 e. The topological polar surface area (TPSA) is 49.4 Å². The van der Waals surface area contributed by atoms with Crippen LogP contribution >= 0.6 is 23.2 Å². The van der Waals surface area contributed by atoms with Gasteiger partial charge in [-0.2, -0.15) is 0 Å². The van der Waals surface area contributed by atoms with Gasteiger partial charge in [0.15, 0.2) is 0 Å². The molecule has 0 spiro atoms. The summed E-state index contributed by atoms with van der Waals surface area (Å²) in [5.41, 5.74) is 1.25. The van der Waals surface area contributed by atoms with Gasteiger partial charge in [0, 0.05) is 22.1 Å². The molecule has 0 fully saturated rings. The van der Waals surface area contributed by atoms with Crippen LogP contribution in [0.3, 0.4) is 0 Å². The summed E-state index contributed by atoms with van der Waals surface area (Å²) in [6.45, 7) is 7.81. The van der Waals surface area contributed by atoms with E-state index in [1.54, 1.807) is 30.0 Å². The molecule has 0 aliphatic rings. The number of hydrogen-bond acceptors (Lipinski definition) is 2. The minimum atomic E-state index is -0.627. The summed E-state index contributed by atoms with van der Waals surface area (Å²) in [6, 6.07) is 14.0. The second kappa shape index (κ2) is 9.44. The lowest BCUT2D eigenvalue weighted by Crippen LogP contribution is -2.52. The SMILES string of the molecule is CC(C(=O)NC(C)(C)C)N(Cc1ccccc1)C(=O)Cc1ccc(Cl)cc1Cl. The minimum absolute atomic E-state index is 0.0932. The molecule has 4 nitrogen and oxygen atoms in total. The van der Waals surface area contributed by atoms with Crippen molar-refractivity contribution in [3.8, 4) is 0 Å². The van der Waals surface area contributed by atoms with Crippen molar-refractivity contribution in [3.63, 3.8) is 0 Å². The molecule has 28 heavy (non-hydrogen) atoms. The van der Waals surface area contributed by atoms with Crippen LogP contribution in [0.25, 0.3) is 0 Å². The molecule has 2 aromatic rings. The lowest BCUT2D eigenvalue weighted by molar-refractivity contribution is -0.140. The summed E-state index contributed by atoms with van der Waals surface area (Å²) in [5.74, 6) is -0.372. The maximum absolute atomic E-state index is 13.1. The molecular weight excluding hydrogens is 395 g/mol. The first kappa shape index (κ1) is 22.3. The third-order valence-electron chi connectivity index (χ3n) is 4.22. The highest BCUT2D eigenvalue weighted by molar-refractivity contribution is 6.35. The number of carbonyl (C=O) groups is 2. The van der Waals surface area contributed by atoms with Gasteiger partial charge in [-0.15, -0.1) is 0 Å². The molecule has 0 bridgehead atoms. The Bertz CT molecular complexity index is 832. The third kappa shape index (κ3) is 6.54. The normalized spacial score (nSPS) is 12.4. The lowest BCUT2D eigenvalue weighted by atomic mass is 10.1. The summed E-state index contributed by atoms with van der Waals surface area (Å²) < 4.78 is 0. The number of nitrogens with zero attached hydrogens (tertiary/aromatic N) is 1. The van der Waals surface area contributed by atoms with Crippen molar-refractivity contribution in [2.45, 2.75) is 52.2 Å². The van der Waals surface area contributed by atoms with Crippen molar-refractivity contribution in [2.75, 3.05) is 0 Å². The van der Waals surface area contributed by atoms with Crippen LogP contribution in [0.1, 0.15) is 38.8 Å². The van der Waals surface area contributed by atoms with Crippen LogP contribution in [-0.2, 0) is 22.6 Å². The summed E-state index contributed by atoms with van der Waals surface area (Å²) in [7, 11) is 0. The summed E-state index contributed by atoms with van der Waals surface area (Å²) in [5, 5.41) is 3.90. The van der Waals surface area contributed by atoms with Gasteiger partial charge in [0.2, 0.25) is 11.8 Å². The van der Waals surface area contributed by atoms with Gasteiger partial charge in [0.25, 0.3) is 0 Å². The van der Waals surface area contributed by atoms with E-state index in [0.29, 0.717) is 22.2 Å². The quantitative estimate of drug-likeness (QED) is 0.724. The number of hydrogen-bond donors (Lipinski definition) is 1. The summed E-state index contributed by atoms with van der Waals surface area (Å²) in [4.78, 5) is 27.4. The molecule has 2 amide bonds. The van der Waals surface area contributed by atoms with Gasteiger partial charge in [-0.3, -0.25) is 9.59 Å². The zero-order valence-electron chi connectivity index (χ0n) is 16.6. The van der Waals surface area contributed by atoms with Crippen LogP contribution in [0.15, 0.2) is 48.5 Å². The Morgan fingerprint density at radius 1 is 1.07 bits per heavy atom. The van der Waals surface area contributed by atoms with Gasteiger partial charge in [-0.25, -0.2) is 0 Å². The van der Waals surface area contributed by atoms with Gasteiger partial charge in [0.1, 0.15) is 6.04 Å². The van der Waals surface area contributed by atoms with Crippen molar-refractivity contribution < 1.29 is 9.59 Å². The van der Waals surface area contributed by atoms with Gasteiger partial charge in [0.05, 0.1) is 6.42 Å². The van der Waals surface area contributed by atoms with E-state index in [-0.39, 0.29) is 23.8 Å². The average Bonchev–Trinajstić information content (AvgIpc) is 2.61. The van der Waals surface area contributed by atoms with E-state index >= 15 is 0 Å². The van der Waals surface area contributed by atoms with Crippen molar-refractivity contribution in [2.24, 2.45) is 0 Å². The van der Waals surface area contributed by atoms with Gasteiger partial charge < -0.3 is 10.2 Å². The highest BCUT2D eigenvalue weighted by Crippen LogP contribution is 2.22. The predicted octanol–water partition coefficient (Wildman–Crippen LogP) is 4.87. The van der Waals surface area contributed by atoms with E-state index in [1.807, 2.05) is 51.1 Å². The molecule has 1 N–H and O–H groups in total. The third-order valence-corrected chi connectivity index (χ3v) is 4.80. The van der Waals surface area contributed by atoms with E-state index < -0.39 is 6.04 Å². The number of nitrogens with one attached hydrogen (secondary N) is 1. The second-order valence-electron chi connectivity index (χ2n) is 7.83. The second-order valence-corrected chi connectivity index (χ2v) is 8.68. The largest absolute Gasteiger partial charge is 0.350 e. The van der Waals surface area contributed by atoms with E-state index in [9.17, 15) is 9.59 Å². The van der Waals surface area contributed by atoms with Crippen LogP contribution in [0, 0.1) is 0 Å². The summed E-state index contributed by atoms with van der Waals surface area (Å²) >= 11 is 12.2. The first-order valence-electron chi connectivity index (χ1n) is 9.16. The van der Waals surface area contributed by atoms with Crippen LogP contribution < -0.4 is 5.32 Å². The zero-order valence-corrected chi connectivity index (χ0v) is 18.1. The lowest BCUT2D eigenvalue weighted by Gasteiger charge is -2.31. The number of benzene rings is 2. The van der Waals surface area contributed by atoms with Crippen LogP contribution in [0.5, 0.6) is 0 Å². The number of amides is 2. The molecule has 0 heterocycles. The fourth-order valence-corrected chi connectivity index (χ4v) is 3.24. The van der Waals surface area contributed by atoms with Crippen LogP contribution in [0.4, 0.5) is 0 Å². The van der Waals surface area contributed by atoms with Crippen LogP contribution in [0.2, 0.25) is 10.0 Å². The maximum atomic E-state index is 13.1. The van der Waals surface area contributed by atoms with Crippen molar-refractivity contribution in [1.82, 2.24) is 10.2 Å². The molecule has 0 aliphatic carbocycles. The Hall–Kier alpha value is -2.04. The Morgan fingerprint density at radius 2 is 1.71 bits per heavy atom. The monoisotopic (exact) mass is 420 g/mol. The molecule has 2 rings (SSSR count). The van der Waals surface area contributed by atoms with E-state index in [1.165, 1.54) is 0 Å². The minimum Gasteiger partial charge on any atom is -0.350 e.